The first kappa shape index (κ1) is 19.1. The van der Waals surface area contributed by atoms with Gasteiger partial charge >= 0.3 is 0 Å². The van der Waals surface area contributed by atoms with E-state index in [0.29, 0.717) is 13.1 Å². The van der Waals surface area contributed by atoms with Crippen molar-refractivity contribution in [3.63, 3.8) is 0 Å². The van der Waals surface area contributed by atoms with E-state index in [-0.39, 0.29) is 24.4 Å². The van der Waals surface area contributed by atoms with Crippen LogP contribution in [0.3, 0.4) is 0 Å². The second-order valence-corrected chi connectivity index (χ2v) is 7.19. The number of piperidine rings is 1. The Balaban J connectivity index is 1.59. The quantitative estimate of drug-likeness (QED) is 0.788. The first-order valence-electron chi connectivity index (χ1n) is 9.71. The van der Waals surface area contributed by atoms with Crippen LogP contribution in [0.15, 0.2) is 42.7 Å². The van der Waals surface area contributed by atoms with Gasteiger partial charge in [-0.15, -0.1) is 0 Å². The van der Waals surface area contributed by atoms with Gasteiger partial charge in [0.25, 0.3) is 5.91 Å². The number of nitrogens with zero attached hydrogens (tertiary/aromatic N) is 4. The molecule has 0 unspecified atom stereocenters. The number of aromatic nitrogens is 2. The minimum atomic E-state index is 0.0782. The number of carbonyl (C=O) groups is 2. The predicted octanol–water partition coefficient (Wildman–Crippen LogP) is 2.73. The van der Waals surface area contributed by atoms with Gasteiger partial charge < -0.3 is 9.80 Å². The highest BCUT2D eigenvalue weighted by Gasteiger charge is 2.29. The zero-order chi connectivity index (χ0) is 19.2. The summed E-state index contributed by atoms with van der Waals surface area (Å²) >= 11 is 0. The smallest absolute Gasteiger partial charge is 0.253 e. The standard InChI is InChI=1S/C21H28N4O2/c1-3-11-25(20(26)16-24-15-17(2)14-22-24)19-9-12-23(13-10-19)21(27)18-7-5-4-6-8-18/h4-8,14-15,19H,3,9-13,16H2,1-2H3. The molecule has 3 rings (SSSR count). The fraction of sp³-hybridized carbons (Fsp3) is 0.476. The summed E-state index contributed by atoms with van der Waals surface area (Å²) in [6, 6.07) is 9.59. The lowest BCUT2D eigenvalue weighted by molar-refractivity contribution is -0.135. The van der Waals surface area contributed by atoms with Crippen LogP contribution >= 0.6 is 0 Å². The lowest BCUT2D eigenvalue weighted by Crippen LogP contribution is -2.49. The third-order valence-electron chi connectivity index (χ3n) is 5.06. The average Bonchev–Trinajstić information content (AvgIpc) is 3.11. The van der Waals surface area contributed by atoms with Crippen LogP contribution in [0.5, 0.6) is 0 Å². The second kappa shape index (κ2) is 8.84. The van der Waals surface area contributed by atoms with E-state index in [1.165, 1.54) is 0 Å². The van der Waals surface area contributed by atoms with Gasteiger partial charge in [0.1, 0.15) is 6.54 Å². The first-order valence-corrected chi connectivity index (χ1v) is 9.71. The van der Waals surface area contributed by atoms with Crippen LogP contribution in [0, 0.1) is 6.92 Å². The average molecular weight is 368 g/mol. The van der Waals surface area contributed by atoms with Gasteiger partial charge in [-0.25, -0.2) is 0 Å². The summed E-state index contributed by atoms with van der Waals surface area (Å²) in [6.07, 6.45) is 6.23. The molecular weight excluding hydrogens is 340 g/mol. The summed E-state index contributed by atoms with van der Waals surface area (Å²) in [5.41, 5.74) is 1.78. The molecule has 0 spiro atoms. The van der Waals surface area contributed by atoms with Crippen LogP contribution in [0.4, 0.5) is 0 Å². The van der Waals surface area contributed by atoms with E-state index in [4.69, 9.17) is 0 Å². The minimum Gasteiger partial charge on any atom is -0.338 e. The predicted molar refractivity (Wildman–Crippen MR) is 104 cm³/mol. The van der Waals surface area contributed by atoms with Gasteiger partial charge in [0.05, 0.1) is 6.20 Å². The monoisotopic (exact) mass is 368 g/mol. The molecule has 0 radical (unpaired) electrons. The molecule has 0 atom stereocenters. The number of hydrogen-bond acceptors (Lipinski definition) is 3. The molecule has 0 saturated carbocycles. The molecular formula is C21H28N4O2. The molecule has 1 saturated heterocycles. The molecule has 1 aliphatic rings. The number of carbonyl (C=O) groups excluding carboxylic acids is 2. The van der Waals surface area contributed by atoms with Crippen molar-refractivity contribution in [3.8, 4) is 0 Å². The SMILES string of the molecule is CCCN(C(=O)Cn1cc(C)cn1)C1CCN(C(=O)c2ccccc2)CC1. The summed E-state index contributed by atoms with van der Waals surface area (Å²) in [7, 11) is 0. The van der Waals surface area contributed by atoms with Gasteiger partial charge in [-0.1, -0.05) is 25.1 Å². The number of hydrogen-bond donors (Lipinski definition) is 0. The van der Waals surface area contributed by atoms with Crippen molar-refractivity contribution >= 4 is 11.8 Å². The van der Waals surface area contributed by atoms with Gasteiger partial charge in [-0.2, -0.15) is 5.10 Å². The van der Waals surface area contributed by atoms with E-state index < -0.39 is 0 Å². The molecule has 2 aromatic rings. The Morgan fingerprint density at radius 2 is 1.89 bits per heavy atom. The van der Waals surface area contributed by atoms with Crippen molar-refractivity contribution in [3.05, 3.63) is 53.9 Å². The molecule has 6 heteroatoms. The minimum absolute atomic E-state index is 0.0782. The Morgan fingerprint density at radius 3 is 2.48 bits per heavy atom. The molecule has 1 aromatic heterocycles. The Kier molecular flexibility index (Phi) is 6.27. The largest absolute Gasteiger partial charge is 0.338 e. The molecule has 6 nitrogen and oxygen atoms in total. The van der Waals surface area contributed by atoms with Crippen molar-refractivity contribution in [2.45, 2.75) is 45.7 Å². The third kappa shape index (κ3) is 4.76. The Bertz CT molecular complexity index is 763. The molecule has 1 fully saturated rings. The highest BCUT2D eigenvalue weighted by molar-refractivity contribution is 5.94. The van der Waals surface area contributed by atoms with Gasteiger partial charge in [-0.05, 0) is 43.9 Å². The Hall–Kier alpha value is -2.63. The van der Waals surface area contributed by atoms with Crippen LogP contribution < -0.4 is 0 Å². The summed E-state index contributed by atoms with van der Waals surface area (Å²) in [4.78, 5) is 29.3. The van der Waals surface area contributed by atoms with E-state index >= 15 is 0 Å². The summed E-state index contributed by atoms with van der Waals surface area (Å²) in [6.45, 7) is 6.45. The van der Waals surface area contributed by atoms with E-state index in [1.54, 1.807) is 10.9 Å². The number of benzene rings is 1. The normalized spacial score (nSPS) is 15.0. The van der Waals surface area contributed by atoms with Crippen molar-refractivity contribution in [1.82, 2.24) is 19.6 Å². The van der Waals surface area contributed by atoms with Crippen LogP contribution in [0.25, 0.3) is 0 Å². The van der Waals surface area contributed by atoms with Gasteiger partial charge in [0.2, 0.25) is 5.91 Å². The van der Waals surface area contributed by atoms with Crippen molar-refractivity contribution in [1.29, 1.82) is 0 Å². The van der Waals surface area contributed by atoms with Crippen LogP contribution in [0.1, 0.15) is 42.1 Å². The molecule has 2 heterocycles. The fourth-order valence-corrected chi connectivity index (χ4v) is 3.68. The zero-order valence-corrected chi connectivity index (χ0v) is 16.2. The molecule has 2 amide bonds. The van der Waals surface area contributed by atoms with Crippen molar-refractivity contribution in [2.24, 2.45) is 0 Å². The molecule has 0 aliphatic carbocycles. The zero-order valence-electron chi connectivity index (χ0n) is 16.2. The van der Waals surface area contributed by atoms with Crippen LogP contribution in [-0.2, 0) is 11.3 Å². The lowest BCUT2D eigenvalue weighted by atomic mass is 10.0. The number of aryl methyl sites for hydroxylation is 1. The lowest BCUT2D eigenvalue weighted by Gasteiger charge is -2.38. The molecule has 0 N–H and O–H groups in total. The summed E-state index contributed by atoms with van der Waals surface area (Å²) < 4.78 is 1.70. The van der Waals surface area contributed by atoms with E-state index in [2.05, 4.69) is 12.0 Å². The van der Waals surface area contributed by atoms with Crippen LogP contribution in [0.2, 0.25) is 0 Å². The number of amides is 2. The highest BCUT2D eigenvalue weighted by atomic mass is 16.2. The van der Waals surface area contributed by atoms with E-state index in [1.807, 2.05) is 53.3 Å². The van der Waals surface area contributed by atoms with Gasteiger partial charge in [0.15, 0.2) is 0 Å². The van der Waals surface area contributed by atoms with E-state index in [9.17, 15) is 9.59 Å². The van der Waals surface area contributed by atoms with Gasteiger partial charge in [0, 0.05) is 37.4 Å². The highest BCUT2D eigenvalue weighted by Crippen LogP contribution is 2.19. The maximum Gasteiger partial charge on any atom is 0.253 e. The molecule has 0 bridgehead atoms. The number of likely N-dealkylation sites (tertiary alicyclic amines) is 1. The molecule has 144 valence electrons. The molecule has 1 aliphatic heterocycles. The van der Waals surface area contributed by atoms with Crippen LogP contribution in [-0.4, -0.2) is 57.1 Å². The third-order valence-corrected chi connectivity index (χ3v) is 5.06. The van der Waals surface area contributed by atoms with Gasteiger partial charge in [-0.3, -0.25) is 14.3 Å². The fourth-order valence-electron chi connectivity index (χ4n) is 3.68. The molecule has 27 heavy (non-hydrogen) atoms. The summed E-state index contributed by atoms with van der Waals surface area (Å²) in [5, 5.41) is 4.23. The second-order valence-electron chi connectivity index (χ2n) is 7.19. The Labute approximate surface area is 160 Å². The van der Waals surface area contributed by atoms with E-state index in [0.717, 1.165) is 36.9 Å². The van der Waals surface area contributed by atoms with Crippen molar-refractivity contribution < 1.29 is 9.59 Å². The first-order chi connectivity index (χ1) is 13.1. The topological polar surface area (TPSA) is 58.4 Å². The Morgan fingerprint density at radius 1 is 1.19 bits per heavy atom. The maximum absolute atomic E-state index is 12.8. The maximum atomic E-state index is 12.8. The molecule has 1 aromatic carbocycles. The van der Waals surface area contributed by atoms with Crippen molar-refractivity contribution in [2.75, 3.05) is 19.6 Å². The number of rotatable bonds is 6. The summed E-state index contributed by atoms with van der Waals surface area (Å²) in [5.74, 6) is 0.183.